The molecule has 0 bridgehead atoms. The van der Waals surface area contributed by atoms with Gasteiger partial charge in [0.2, 0.25) is 0 Å². The maximum absolute atomic E-state index is 5.91. The number of rotatable bonds is 4. The summed E-state index contributed by atoms with van der Waals surface area (Å²) in [7, 11) is 2.14. The lowest BCUT2D eigenvalue weighted by Gasteiger charge is -2.37. The fourth-order valence-electron chi connectivity index (χ4n) is 2.87. The van der Waals surface area contributed by atoms with Gasteiger partial charge in [-0.1, -0.05) is 55.1 Å². The summed E-state index contributed by atoms with van der Waals surface area (Å²) >= 11 is 0. The Morgan fingerprint density at radius 1 is 1.10 bits per heavy atom. The second-order valence-corrected chi connectivity index (χ2v) is 5.59. The predicted molar refractivity (Wildman–Crippen MR) is 88.4 cm³/mol. The lowest BCUT2D eigenvalue weighted by atomic mass is 9.92. The van der Waals surface area contributed by atoms with Gasteiger partial charge in [0, 0.05) is 18.3 Å². The molecule has 0 aromatic heterocycles. The minimum absolute atomic E-state index is 0.358. The number of hydrogen-bond acceptors (Lipinski definition) is 2. The van der Waals surface area contributed by atoms with Crippen molar-refractivity contribution in [1.29, 1.82) is 0 Å². The Hall–Kier alpha value is -2.06. The van der Waals surface area contributed by atoms with Crippen LogP contribution in [0.15, 0.2) is 61.2 Å². The zero-order valence-electron chi connectivity index (χ0n) is 12.5. The molecule has 1 aliphatic heterocycles. The van der Waals surface area contributed by atoms with Gasteiger partial charge in [0.1, 0.15) is 0 Å². The van der Waals surface area contributed by atoms with Crippen LogP contribution in [0.5, 0.6) is 0 Å². The van der Waals surface area contributed by atoms with Crippen molar-refractivity contribution < 1.29 is 4.74 Å². The smallest absolute Gasteiger partial charge is 0.0717 e. The molecule has 2 heteroatoms. The van der Waals surface area contributed by atoms with E-state index in [1.165, 1.54) is 22.4 Å². The van der Waals surface area contributed by atoms with Crippen LogP contribution in [0, 0.1) is 0 Å². The summed E-state index contributed by atoms with van der Waals surface area (Å²) < 4.78 is 5.91. The van der Waals surface area contributed by atoms with Crippen LogP contribution in [-0.2, 0) is 11.3 Å². The normalized spacial score (nSPS) is 17.7. The van der Waals surface area contributed by atoms with Crippen LogP contribution in [0.3, 0.4) is 0 Å². The van der Waals surface area contributed by atoms with Crippen molar-refractivity contribution in [2.24, 2.45) is 0 Å². The van der Waals surface area contributed by atoms with Crippen LogP contribution in [0.25, 0.3) is 5.57 Å². The first kappa shape index (κ1) is 13.9. The van der Waals surface area contributed by atoms with Gasteiger partial charge < -0.3 is 9.64 Å². The summed E-state index contributed by atoms with van der Waals surface area (Å²) in [5.41, 5.74) is 4.94. The van der Waals surface area contributed by atoms with Crippen molar-refractivity contribution in [3.63, 3.8) is 0 Å². The molecule has 0 fully saturated rings. The van der Waals surface area contributed by atoms with Gasteiger partial charge in [-0.05, 0) is 23.6 Å². The molecule has 1 heterocycles. The third-order valence-corrected chi connectivity index (χ3v) is 4.12. The summed E-state index contributed by atoms with van der Waals surface area (Å²) in [6, 6.07) is 19.1. The third-order valence-electron chi connectivity index (χ3n) is 4.12. The summed E-state index contributed by atoms with van der Waals surface area (Å²) in [6.45, 7) is 5.61. The minimum Gasteiger partial charge on any atom is -0.375 e. The number of hydrogen-bond donors (Lipinski definition) is 0. The summed E-state index contributed by atoms with van der Waals surface area (Å²) in [5.74, 6) is 0. The number of anilines is 1. The first-order chi connectivity index (χ1) is 10.3. The molecule has 0 radical (unpaired) electrons. The fraction of sp³-hybridized carbons (Fsp3) is 0.263. The Morgan fingerprint density at radius 2 is 1.81 bits per heavy atom. The zero-order valence-corrected chi connectivity index (χ0v) is 12.5. The molecule has 0 saturated carbocycles. The Balaban J connectivity index is 1.64. The zero-order chi connectivity index (χ0) is 14.7. The van der Waals surface area contributed by atoms with E-state index in [0.717, 1.165) is 13.0 Å². The molecule has 0 aliphatic carbocycles. The number of benzene rings is 2. The molecule has 3 rings (SSSR count). The highest BCUT2D eigenvalue weighted by molar-refractivity contribution is 5.79. The molecule has 0 saturated heterocycles. The molecule has 0 N–H and O–H groups in total. The average Bonchev–Trinajstić information content (AvgIpc) is 2.53. The van der Waals surface area contributed by atoms with Crippen molar-refractivity contribution >= 4 is 11.3 Å². The third kappa shape index (κ3) is 3.01. The van der Waals surface area contributed by atoms with E-state index in [1.807, 2.05) is 18.2 Å². The van der Waals surface area contributed by atoms with Crippen LogP contribution < -0.4 is 4.90 Å². The van der Waals surface area contributed by atoms with Gasteiger partial charge in [-0.2, -0.15) is 0 Å². The Labute approximate surface area is 126 Å². The molecular formula is C19H21NO. The molecule has 1 unspecified atom stereocenters. The lowest BCUT2D eigenvalue weighted by molar-refractivity contribution is 0.107. The highest BCUT2D eigenvalue weighted by atomic mass is 16.5. The lowest BCUT2D eigenvalue weighted by Crippen LogP contribution is -2.39. The fourth-order valence-corrected chi connectivity index (χ4v) is 2.87. The standard InChI is InChI=1S/C19H21NO/c1-15-12-17(14-21-13-16-8-4-3-5-9-16)20(2)19-11-7-6-10-18(15)19/h3-11,17H,1,12-14H2,2H3. The maximum atomic E-state index is 5.91. The first-order valence-electron chi connectivity index (χ1n) is 7.37. The van der Waals surface area contributed by atoms with Crippen molar-refractivity contribution in [3.8, 4) is 0 Å². The minimum atomic E-state index is 0.358. The summed E-state index contributed by atoms with van der Waals surface area (Å²) in [4.78, 5) is 2.31. The Kier molecular flexibility index (Phi) is 4.07. The van der Waals surface area contributed by atoms with E-state index in [4.69, 9.17) is 4.74 Å². The number of fused-ring (bicyclic) bond motifs is 1. The van der Waals surface area contributed by atoms with Gasteiger partial charge in [0.25, 0.3) is 0 Å². The van der Waals surface area contributed by atoms with Crippen molar-refractivity contribution in [2.75, 3.05) is 18.6 Å². The van der Waals surface area contributed by atoms with E-state index in [9.17, 15) is 0 Å². The van der Waals surface area contributed by atoms with Crippen LogP contribution in [-0.4, -0.2) is 19.7 Å². The largest absolute Gasteiger partial charge is 0.375 e. The molecule has 1 atom stereocenters. The monoisotopic (exact) mass is 279 g/mol. The maximum Gasteiger partial charge on any atom is 0.0717 e. The Bertz CT molecular complexity index is 620. The topological polar surface area (TPSA) is 12.5 Å². The van der Waals surface area contributed by atoms with Crippen LogP contribution >= 0.6 is 0 Å². The van der Waals surface area contributed by atoms with Crippen molar-refractivity contribution in [3.05, 3.63) is 72.3 Å². The van der Waals surface area contributed by atoms with E-state index in [0.29, 0.717) is 12.6 Å². The number of para-hydroxylation sites is 1. The van der Waals surface area contributed by atoms with Gasteiger partial charge in [-0.15, -0.1) is 0 Å². The number of likely N-dealkylation sites (N-methyl/N-ethyl adjacent to an activating group) is 1. The molecule has 2 aromatic rings. The average molecular weight is 279 g/mol. The van der Waals surface area contributed by atoms with Crippen LogP contribution in [0.1, 0.15) is 17.5 Å². The van der Waals surface area contributed by atoms with E-state index in [-0.39, 0.29) is 0 Å². The molecule has 21 heavy (non-hydrogen) atoms. The quantitative estimate of drug-likeness (QED) is 0.834. The van der Waals surface area contributed by atoms with Gasteiger partial charge in [0.05, 0.1) is 19.3 Å². The molecule has 0 amide bonds. The van der Waals surface area contributed by atoms with E-state index in [2.05, 4.69) is 54.9 Å². The number of ether oxygens (including phenoxy) is 1. The molecule has 0 spiro atoms. The van der Waals surface area contributed by atoms with E-state index >= 15 is 0 Å². The molecule has 2 nitrogen and oxygen atoms in total. The van der Waals surface area contributed by atoms with Crippen molar-refractivity contribution in [1.82, 2.24) is 0 Å². The highest BCUT2D eigenvalue weighted by Crippen LogP contribution is 2.35. The SMILES string of the molecule is C=C1CC(COCc2ccccc2)N(C)c2ccccc21. The summed E-state index contributed by atoms with van der Waals surface area (Å²) in [5, 5.41) is 0. The van der Waals surface area contributed by atoms with E-state index in [1.54, 1.807) is 0 Å². The predicted octanol–water partition coefficient (Wildman–Crippen LogP) is 4.13. The van der Waals surface area contributed by atoms with E-state index < -0.39 is 0 Å². The second-order valence-electron chi connectivity index (χ2n) is 5.59. The summed E-state index contributed by atoms with van der Waals surface area (Å²) in [6.07, 6.45) is 0.961. The molecular weight excluding hydrogens is 258 g/mol. The second kappa shape index (κ2) is 6.15. The van der Waals surface area contributed by atoms with Gasteiger partial charge in [-0.25, -0.2) is 0 Å². The van der Waals surface area contributed by atoms with Crippen molar-refractivity contribution in [2.45, 2.75) is 19.1 Å². The highest BCUT2D eigenvalue weighted by Gasteiger charge is 2.25. The van der Waals surface area contributed by atoms with Crippen LogP contribution in [0.2, 0.25) is 0 Å². The molecule has 108 valence electrons. The molecule has 2 aromatic carbocycles. The molecule has 1 aliphatic rings. The first-order valence-corrected chi connectivity index (χ1v) is 7.37. The van der Waals surface area contributed by atoms with Gasteiger partial charge >= 0.3 is 0 Å². The number of nitrogens with zero attached hydrogens (tertiary/aromatic N) is 1. The Morgan fingerprint density at radius 3 is 2.62 bits per heavy atom. The van der Waals surface area contributed by atoms with Crippen LogP contribution in [0.4, 0.5) is 5.69 Å². The van der Waals surface area contributed by atoms with Gasteiger partial charge in [-0.3, -0.25) is 0 Å². The van der Waals surface area contributed by atoms with Gasteiger partial charge in [0.15, 0.2) is 0 Å².